The van der Waals surface area contributed by atoms with Crippen molar-refractivity contribution < 1.29 is 13.2 Å². The normalized spacial score (nSPS) is 16.2. The lowest BCUT2D eigenvalue weighted by atomic mass is 9.96. The Bertz CT molecular complexity index is 629. The number of halogens is 4. The van der Waals surface area contributed by atoms with Gasteiger partial charge >= 0.3 is 0 Å². The fraction of sp³-hybridized carbons (Fsp3) is 0.250. The fourth-order valence-electron chi connectivity index (χ4n) is 2.80. The Labute approximate surface area is 123 Å². The van der Waals surface area contributed by atoms with E-state index in [0.29, 0.717) is 6.07 Å². The summed E-state index contributed by atoms with van der Waals surface area (Å²) >= 11 is 3.45. The minimum atomic E-state index is -1.15. The summed E-state index contributed by atoms with van der Waals surface area (Å²) in [5.74, 6) is -2.73. The maximum Gasteiger partial charge on any atom is 0.161 e. The van der Waals surface area contributed by atoms with Crippen LogP contribution in [0.4, 0.5) is 13.2 Å². The molecule has 1 unspecified atom stereocenters. The molecule has 0 radical (unpaired) electrons. The maximum atomic E-state index is 13.8. The van der Waals surface area contributed by atoms with E-state index < -0.39 is 17.5 Å². The van der Waals surface area contributed by atoms with Crippen LogP contribution in [-0.4, -0.2) is 0 Å². The summed E-state index contributed by atoms with van der Waals surface area (Å²) in [7, 11) is 0. The molecule has 0 fully saturated rings. The van der Waals surface area contributed by atoms with Crippen molar-refractivity contribution in [2.75, 3.05) is 0 Å². The second kappa shape index (κ2) is 5.24. The molecule has 0 heterocycles. The van der Waals surface area contributed by atoms with Crippen LogP contribution in [0.3, 0.4) is 0 Å². The van der Waals surface area contributed by atoms with Crippen molar-refractivity contribution in [1.82, 2.24) is 0 Å². The Kier molecular flexibility index (Phi) is 3.59. The standard InChI is InChI=1S/C16H12BrF3/c17-16(12-7-14(19)15(20)8-13(12)18)11-5-9-3-1-2-4-10(9)6-11/h1-4,7-8,11,16H,5-6H2. The smallest absolute Gasteiger partial charge is 0.161 e. The van der Waals surface area contributed by atoms with Crippen LogP contribution in [0.2, 0.25) is 0 Å². The molecule has 4 heteroatoms. The first-order valence-corrected chi connectivity index (χ1v) is 7.33. The lowest BCUT2D eigenvalue weighted by Crippen LogP contribution is -2.10. The van der Waals surface area contributed by atoms with E-state index in [4.69, 9.17) is 0 Å². The van der Waals surface area contributed by atoms with Crippen molar-refractivity contribution in [3.05, 3.63) is 70.5 Å². The van der Waals surface area contributed by atoms with Gasteiger partial charge in [0.25, 0.3) is 0 Å². The van der Waals surface area contributed by atoms with Crippen molar-refractivity contribution in [3.8, 4) is 0 Å². The third-order valence-corrected chi connectivity index (χ3v) is 5.07. The molecule has 1 atom stereocenters. The molecule has 0 aromatic heterocycles. The number of benzene rings is 2. The van der Waals surface area contributed by atoms with Crippen LogP contribution in [-0.2, 0) is 12.8 Å². The predicted molar refractivity (Wildman–Crippen MR) is 75.3 cm³/mol. The first-order valence-electron chi connectivity index (χ1n) is 6.41. The zero-order valence-corrected chi connectivity index (χ0v) is 12.1. The molecular weight excluding hydrogens is 329 g/mol. The minimum absolute atomic E-state index is 0.145. The first-order chi connectivity index (χ1) is 9.56. The fourth-order valence-corrected chi connectivity index (χ4v) is 3.53. The van der Waals surface area contributed by atoms with E-state index in [0.717, 1.165) is 18.9 Å². The largest absolute Gasteiger partial charge is 0.207 e. The third-order valence-electron chi connectivity index (χ3n) is 3.83. The van der Waals surface area contributed by atoms with Crippen LogP contribution in [0.25, 0.3) is 0 Å². The molecule has 1 aliphatic carbocycles. The molecule has 1 aliphatic rings. The quantitative estimate of drug-likeness (QED) is 0.535. The lowest BCUT2D eigenvalue weighted by molar-refractivity contribution is 0.477. The van der Waals surface area contributed by atoms with Crippen molar-refractivity contribution >= 4 is 15.9 Å². The third kappa shape index (κ3) is 2.37. The Balaban J connectivity index is 1.88. The van der Waals surface area contributed by atoms with Crippen LogP contribution < -0.4 is 0 Å². The second-order valence-corrected chi connectivity index (χ2v) is 6.11. The van der Waals surface area contributed by atoms with Gasteiger partial charge in [0.1, 0.15) is 5.82 Å². The van der Waals surface area contributed by atoms with Gasteiger partial charge in [-0.1, -0.05) is 40.2 Å². The first kappa shape index (κ1) is 13.7. The zero-order valence-electron chi connectivity index (χ0n) is 10.5. The van der Waals surface area contributed by atoms with Crippen LogP contribution in [0.5, 0.6) is 0 Å². The van der Waals surface area contributed by atoms with E-state index in [9.17, 15) is 13.2 Å². The molecule has 104 valence electrons. The van der Waals surface area contributed by atoms with E-state index in [1.807, 2.05) is 12.1 Å². The SMILES string of the molecule is Fc1cc(F)c(C(Br)C2Cc3ccccc3C2)cc1F. The molecule has 0 aliphatic heterocycles. The van der Waals surface area contributed by atoms with Gasteiger partial charge in [-0.3, -0.25) is 0 Å². The molecule has 2 aromatic rings. The van der Waals surface area contributed by atoms with Gasteiger partial charge in [-0.25, -0.2) is 13.2 Å². The Morgan fingerprint density at radius 3 is 2.05 bits per heavy atom. The topological polar surface area (TPSA) is 0 Å². The van der Waals surface area contributed by atoms with Crippen LogP contribution in [0, 0.1) is 23.4 Å². The van der Waals surface area contributed by atoms with Crippen molar-refractivity contribution in [3.63, 3.8) is 0 Å². The highest BCUT2D eigenvalue weighted by Gasteiger charge is 2.30. The van der Waals surface area contributed by atoms with Gasteiger partial charge in [0.2, 0.25) is 0 Å². The second-order valence-electron chi connectivity index (χ2n) is 5.13. The molecular formula is C16H12BrF3. The van der Waals surface area contributed by atoms with Crippen molar-refractivity contribution in [2.24, 2.45) is 5.92 Å². The summed E-state index contributed by atoms with van der Waals surface area (Å²) in [5, 5.41) is 0. The number of hydrogen-bond acceptors (Lipinski definition) is 0. The number of rotatable bonds is 2. The van der Waals surface area contributed by atoms with Gasteiger partial charge < -0.3 is 0 Å². The Morgan fingerprint density at radius 1 is 0.900 bits per heavy atom. The maximum absolute atomic E-state index is 13.8. The van der Waals surface area contributed by atoms with Crippen LogP contribution in [0.15, 0.2) is 36.4 Å². The average Bonchev–Trinajstić information content (AvgIpc) is 2.86. The molecule has 0 spiro atoms. The van der Waals surface area contributed by atoms with E-state index in [-0.39, 0.29) is 16.3 Å². The Morgan fingerprint density at radius 2 is 1.45 bits per heavy atom. The molecule has 0 bridgehead atoms. The van der Waals surface area contributed by atoms with Gasteiger partial charge in [0.15, 0.2) is 11.6 Å². The zero-order chi connectivity index (χ0) is 14.3. The van der Waals surface area contributed by atoms with Gasteiger partial charge in [0.05, 0.1) is 0 Å². The number of fused-ring (bicyclic) bond motifs is 1. The summed E-state index contributed by atoms with van der Waals surface area (Å²) in [6, 6.07) is 9.62. The average molecular weight is 341 g/mol. The summed E-state index contributed by atoms with van der Waals surface area (Å²) in [4.78, 5) is -0.329. The van der Waals surface area contributed by atoms with Crippen molar-refractivity contribution in [2.45, 2.75) is 17.7 Å². The number of alkyl halides is 1. The van der Waals surface area contributed by atoms with Crippen LogP contribution >= 0.6 is 15.9 Å². The summed E-state index contributed by atoms with van der Waals surface area (Å²) in [5.41, 5.74) is 2.66. The molecule has 0 nitrogen and oxygen atoms in total. The highest BCUT2D eigenvalue weighted by molar-refractivity contribution is 9.09. The monoisotopic (exact) mass is 340 g/mol. The molecule has 0 N–H and O–H groups in total. The molecule has 0 amide bonds. The van der Waals surface area contributed by atoms with Gasteiger partial charge in [0, 0.05) is 16.5 Å². The predicted octanol–water partition coefficient (Wildman–Crippen LogP) is 4.95. The summed E-state index contributed by atoms with van der Waals surface area (Å²) in [6.45, 7) is 0. The highest BCUT2D eigenvalue weighted by atomic mass is 79.9. The molecule has 0 saturated heterocycles. The molecule has 2 aromatic carbocycles. The van der Waals surface area contributed by atoms with Crippen molar-refractivity contribution in [1.29, 1.82) is 0 Å². The van der Waals surface area contributed by atoms with E-state index in [1.165, 1.54) is 11.1 Å². The van der Waals surface area contributed by atoms with E-state index in [2.05, 4.69) is 28.1 Å². The Hall–Kier alpha value is -1.29. The molecule has 3 rings (SSSR count). The van der Waals surface area contributed by atoms with E-state index >= 15 is 0 Å². The lowest BCUT2D eigenvalue weighted by Gasteiger charge is -2.18. The summed E-state index contributed by atoms with van der Waals surface area (Å²) < 4.78 is 40.1. The van der Waals surface area contributed by atoms with E-state index in [1.54, 1.807) is 0 Å². The van der Waals surface area contributed by atoms with Gasteiger partial charge in [-0.2, -0.15) is 0 Å². The number of hydrogen-bond donors (Lipinski definition) is 0. The molecule has 20 heavy (non-hydrogen) atoms. The minimum Gasteiger partial charge on any atom is -0.207 e. The highest BCUT2D eigenvalue weighted by Crippen LogP contribution is 2.41. The summed E-state index contributed by atoms with van der Waals surface area (Å²) in [6.07, 6.45) is 1.62. The molecule has 0 saturated carbocycles. The van der Waals surface area contributed by atoms with Gasteiger partial charge in [-0.15, -0.1) is 0 Å². The van der Waals surface area contributed by atoms with Gasteiger partial charge in [-0.05, 0) is 36.0 Å². The van der Waals surface area contributed by atoms with Crippen LogP contribution in [0.1, 0.15) is 21.5 Å².